The Bertz CT molecular complexity index is 591. The summed E-state index contributed by atoms with van der Waals surface area (Å²) in [6, 6.07) is 2.26. The number of nitrogens with zero attached hydrogens (tertiary/aromatic N) is 3. The van der Waals surface area contributed by atoms with Crippen molar-refractivity contribution in [3.63, 3.8) is 0 Å². The number of carbonyl (C=O) groups excluding carboxylic acids is 1. The highest BCUT2D eigenvalue weighted by Crippen LogP contribution is 2.31. The Balaban J connectivity index is 2.43. The van der Waals surface area contributed by atoms with Gasteiger partial charge in [0.15, 0.2) is 6.29 Å². The highest BCUT2D eigenvalue weighted by molar-refractivity contribution is 5.70. The van der Waals surface area contributed by atoms with Gasteiger partial charge >= 0.3 is 6.18 Å². The van der Waals surface area contributed by atoms with E-state index in [0.29, 0.717) is 18.4 Å². The molecule has 0 saturated heterocycles. The molecule has 1 aromatic heterocycles. The first-order chi connectivity index (χ1) is 8.41. The average molecular weight is 259 g/mol. The van der Waals surface area contributed by atoms with E-state index in [-0.39, 0.29) is 11.4 Å². The molecule has 1 aromatic carbocycles. The van der Waals surface area contributed by atoms with Crippen LogP contribution in [0.2, 0.25) is 0 Å². The predicted molar refractivity (Wildman–Crippen MR) is 51.7 cm³/mol. The lowest BCUT2D eigenvalue weighted by Crippen LogP contribution is -2.09. The van der Waals surface area contributed by atoms with Crippen molar-refractivity contribution in [2.24, 2.45) is 0 Å². The quantitative estimate of drug-likeness (QED) is 0.613. The van der Waals surface area contributed by atoms with E-state index < -0.39 is 17.6 Å². The number of benzene rings is 1. The first kappa shape index (κ1) is 12.2. The molecule has 0 aliphatic rings. The molecule has 0 unspecified atom stereocenters. The van der Waals surface area contributed by atoms with Crippen LogP contribution >= 0.6 is 0 Å². The number of hydrogen-bond donors (Lipinski definition) is 0. The molecule has 0 bridgehead atoms. The Labute approximate surface area is 97.8 Å². The Morgan fingerprint density at radius 2 is 2.00 bits per heavy atom. The fourth-order valence-corrected chi connectivity index (χ4v) is 1.31. The number of alkyl halides is 3. The van der Waals surface area contributed by atoms with E-state index in [1.807, 2.05) is 0 Å². The average Bonchev–Trinajstić information content (AvgIpc) is 2.75. The molecule has 0 N–H and O–H groups in total. The molecular weight excluding hydrogens is 254 g/mol. The van der Waals surface area contributed by atoms with Crippen LogP contribution in [0.25, 0.3) is 5.69 Å². The zero-order chi connectivity index (χ0) is 13.3. The number of rotatable bonds is 2. The Morgan fingerprint density at radius 1 is 1.28 bits per heavy atom. The first-order valence-electron chi connectivity index (χ1n) is 4.66. The van der Waals surface area contributed by atoms with E-state index in [0.717, 1.165) is 17.1 Å². The monoisotopic (exact) mass is 259 g/mol. The molecule has 0 aliphatic carbocycles. The summed E-state index contributed by atoms with van der Waals surface area (Å²) in [4.78, 5) is 11.2. The zero-order valence-corrected chi connectivity index (χ0v) is 8.65. The topological polar surface area (TPSA) is 47.8 Å². The standard InChI is InChI=1S/C10H5F4N3O/c11-9-3-7(1-2-8(9)10(12,13)14)17-15-4-6(5-18)16-17/h1-5H. The molecule has 94 valence electrons. The van der Waals surface area contributed by atoms with Gasteiger partial charge in [0.25, 0.3) is 0 Å². The van der Waals surface area contributed by atoms with Gasteiger partial charge in [-0.1, -0.05) is 0 Å². The molecule has 0 radical (unpaired) electrons. The van der Waals surface area contributed by atoms with Crippen molar-refractivity contribution < 1.29 is 22.4 Å². The van der Waals surface area contributed by atoms with Gasteiger partial charge in [0.2, 0.25) is 0 Å². The van der Waals surface area contributed by atoms with Gasteiger partial charge in [0.05, 0.1) is 17.4 Å². The van der Waals surface area contributed by atoms with Crippen LogP contribution in [0.15, 0.2) is 24.4 Å². The summed E-state index contributed by atoms with van der Waals surface area (Å²) in [7, 11) is 0. The molecule has 0 aliphatic heterocycles. The van der Waals surface area contributed by atoms with Crippen molar-refractivity contribution in [3.8, 4) is 5.69 Å². The molecule has 18 heavy (non-hydrogen) atoms. The number of carbonyl (C=O) groups is 1. The normalized spacial score (nSPS) is 11.6. The van der Waals surface area contributed by atoms with Crippen LogP contribution in [-0.4, -0.2) is 21.3 Å². The van der Waals surface area contributed by atoms with E-state index in [4.69, 9.17) is 0 Å². The Kier molecular flexibility index (Phi) is 2.85. The fourth-order valence-electron chi connectivity index (χ4n) is 1.31. The lowest BCUT2D eigenvalue weighted by Gasteiger charge is -2.08. The molecule has 0 saturated carbocycles. The third kappa shape index (κ3) is 2.22. The second-order valence-electron chi connectivity index (χ2n) is 3.34. The summed E-state index contributed by atoms with van der Waals surface area (Å²) in [5.41, 5.74) is -1.38. The Morgan fingerprint density at radius 3 is 2.50 bits per heavy atom. The van der Waals surface area contributed by atoms with Gasteiger partial charge in [-0.3, -0.25) is 4.79 Å². The third-order valence-electron chi connectivity index (χ3n) is 2.12. The highest BCUT2D eigenvalue weighted by atomic mass is 19.4. The summed E-state index contributed by atoms with van der Waals surface area (Å²) in [6.07, 6.45) is -3.22. The molecule has 4 nitrogen and oxygen atoms in total. The molecule has 8 heteroatoms. The minimum absolute atomic E-state index is 0.00435. The molecule has 2 aromatic rings. The molecule has 2 rings (SSSR count). The van der Waals surface area contributed by atoms with Crippen LogP contribution in [0.5, 0.6) is 0 Å². The van der Waals surface area contributed by atoms with Crippen molar-refractivity contribution in [1.82, 2.24) is 15.0 Å². The lowest BCUT2D eigenvalue weighted by atomic mass is 10.2. The van der Waals surface area contributed by atoms with Crippen molar-refractivity contribution in [3.05, 3.63) is 41.5 Å². The summed E-state index contributed by atoms with van der Waals surface area (Å²) in [5, 5.41) is 7.24. The molecule has 0 spiro atoms. The number of halogens is 4. The van der Waals surface area contributed by atoms with Gasteiger partial charge in [-0.2, -0.15) is 23.1 Å². The van der Waals surface area contributed by atoms with E-state index in [1.165, 1.54) is 0 Å². The van der Waals surface area contributed by atoms with Gasteiger partial charge in [-0.05, 0) is 12.1 Å². The van der Waals surface area contributed by atoms with Crippen molar-refractivity contribution in [2.45, 2.75) is 6.18 Å². The van der Waals surface area contributed by atoms with Crippen LogP contribution in [-0.2, 0) is 6.18 Å². The van der Waals surface area contributed by atoms with Crippen molar-refractivity contribution >= 4 is 6.29 Å². The van der Waals surface area contributed by atoms with Gasteiger partial charge in [0.1, 0.15) is 11.5 Å². The largest absolute Gasteiger partial charge is 0.419 e. The maximum Gasteiger partial charge on any atom is 0.419 e. The number of hydrogen-bond acceptors (Lipinski definition) is 3. The van der Waals surface area contributed by atoms with E-state index in [9.17, 15) is 22.4 Å². The second-order valence-corrected chi connectivity index (χ2v) is 3.34. The molecule has 0 amide bonds. The summed E-state index contributed by atoms with van der Waals surface area (Å²) < 4.78 is 50.2. The smallest absolute Gasteiger partial charge is 0.296 e. The summed E-state index contributed by atoms with van der Waals surface area (Å²) in [5.74, 6) is -1.43. The SMILES string of the molecule is O=Cc1cnn(-c2ccc(C(F)(F)F)c(F)c2)n1. The zero-order valence-electron chi connectivity index (χ0n) is 8.65. The maximum atomic E-state index is 13.3. The molecule has 1 heterocycles. The van der Waals surface area contributed by atoms with Gasteiger partial charge < -0.3 is 0 Å². The van der Waals surface area contributed by atoms with Gasteiger partial charge in [-0.25, -0.2) is 4.39 Å². The predicted octanol–water partition coefficient (Wildman–Crippen LogP) is 2.24. The first-order valence-corrected chi connectivity index (χ1v) is 4.66. The molecular formula is C10H5F4N3O. The Hall–Kier alpha value is -2.25. The molecule has 0 atom stereocenters. The molecule has 0 fully saturated rings. The minimum atomic E-state index is -4.76. The maximum absolute atomic E-state index is 13.3. The fraction of sp³-hybridized carbons (Fsp3) is 0.100. The van der Waals surface area contributed by atoms with E-state index >= 15 is 0 Å². The summed E-state index contributed by atoms with van der Waals surface area (Å²) >= 11 is 0. The number of aromatic nitrogens is 3. The van der Waals surface area contributed by atoms with Crippen LogP contribution < -0.4 is 0 Å². The second kappa shape index (κ2) is 4.21. The van der Waals surface area contributed by atoms with Crippen LogP contribution in [0, 0.1) is 5.82 Å². The number of aldehydes is 1. The lowest BCUT2D eigenvalue weighted by molar-refractivity contribution is -0.140. The highest BCUT2D eigenvalue weighted by Gasteiger charge is 2.34. The van der Waals surface area contributed by atoms with Crippen LogP contribution in [0.1, 0.15) is 16.1 Å². The summed E-state index contributed by atoms with van der Waals surface area (Å²) in [6.45, 7) is 0. The van der Waals surface area contributed by atoms with Gasteiger partial charge in [-0.15, -0.1) is 5.10 Å². The van der Waals surface area contributed by atoms with Crippen molar-refractivity contribution in [2.75, 3.05) is 0 Å². The van der Waals surface area contributed by atoms with E-state index in [2.05, 4.69) is 10.2 Å². The van der Waals surface area contributed by atoms with Gasteiger partial charge in [0, 0.05) is 6.07 Å². The minimum Gasteiger partial charge on any atom is -0.296 e. The van der Waals surface area contributed by atoms with Crippen LogP contribution in [0.4, 0.5) is 17.6 Å². The van der Waals surface area contributed by atoms with Crippen molar-refractivity contribution in [1.29, 1.82) is 0 Å². The third-order valence-corrected chi connectivity index (χ3v) is 2.12. The van der Waals surface area contributed by atoms with Crippen LogP contribution in [0.3, 0.4) is 0 Å². The van der Waals surface area contributed by atoms with E-state index in [1.54, 1.807) is 0 Å².